The molecule has 2 aromatic heterocycles. The number of aromatic nitrogens is 3. The molecule has 132 valence electrons. The summed E-state index contributed by atoms with van der Waals surface area (Å²) in [6.07, 6.45) is 3.29. The lowest BCUT2D eigenvalue weighted by Crippen LogP contribution is -2.36. The number of fused-ring (bicyclic) bond motifs is 2. The molecule has 0 bridgehead atoms. The second-order valence-electron chi connectivity index (χ2n) is 7.65. The first-order valence-corrected chi connectivity index (χ1v) is 9.33. The number of amides is 1. The molecule has 5 nitrogen and oxygen atoms in total. The first-order chi connectivity index (χ1) is 12.6. The Labute approximate surface area is 152 Å². The van der Waals surface area contributed by atoms with Crippen molar-refractivity contribution in [1.82, 2.24) is 20.1 Å². The number of H-pyrrole nitrogens is 1. The summed E-state index contributed by atoms with van der Waals surface area (Å²) in [5.74, 6) is 0.691. The van der Waals surface area contributed by atoms with Crippen molar-refractivity contribution in [3.05, 3.63) is 58.0 Å². The van der Waals surface area contributed by atoms with E-state index in [1.807, 2.05) is 36.9 Å². The van der Waals surface area contributed by atoms with Gasteiger partial charge in [0.2, 0.25) is 0 Å². The van der Waals surface area contributed by atoms with Crippen LogP contribution in [-0.4, -0.2) is 32.5 Å². The molecule has 2 aliphatic rings. The average Bonchev–Trinajstić information content (AvgIpc) is 3.39. The van der Waals surface area contributed by atoms with Crippen LogP contribution in [0.25, 0.3) is 10.9 Å². The van der Waals surface area contributed by atoms with Crippen LogP contribution in [0.2, 0.25) is 0 Å². The minimum absolute atomic E-state index is 0.0969. The third-order valence-electron chi connectivity index (χ3n) is 5.54. The molecule has 5 heteroatoms. The van der Waals surface area contributed by atoms with Crippen LogP contribution in [0.5, 0.6) is 0 Å². The van der Waals surface area contributed by atoms with Gasteiger partial charge in [-0.1, -0.05) is 11.6 Å². The molecule has 1 N–H and O–H groups in total. The predicted octanol–water partition coefficient (Wildman–Crippen LogP) is 3.65. The molecule has 5 rings (SSSR count). The van der Waals surface area contributed by atoms with E-state index in [1.54, 1.807) is 0 Å². The monoisotopic (exact) mass is 346 g/mol. The minimum Gasteiger partial charge on any atom is -0.334 e. The molecule has 1 aliphatic carbocycles. The lowest BCUT2D eigenvalue weighted by atomic mass is 10.0. The van der Waals surface area contributed by atoms with Crippen molar-refractivity contribution in [3.8, 4) is 0 Å². The first-order valence-electron chi connectivity index (χ1n) is 9.33. The molecule has 0 spiro atoms. The van der Waals surface area contributed by atoms with E-state index in [1.165, 1.54) is 29.8 Å². The van der Waals surface area contributed by atoms with Crippen molar-refractivity contribution in [2.45, 2.75) is 45.6 Å². The lowest BCUT2D eigenvalue weighted by molar-refractivity contribution is 0.0735. The third kappa shape index (κ3) is 2.50. The summed E-state index contributed by atoms with van der Waals surface area (Å²) in [6, 6.07) is 8.04. The summed E-state index contributed by atoms with van der Waals surface area (Å²) in [5.41, 5.74) is 7.31. The van der Waals surface area contributed by atoms with E-state index in [4.69, 9.17) is 0 Å². The topological polar surface area (TPSA) is 61.9 Å². The Hall–Kier alpha value is -2.69. The summed E-state index contributed by atoms with van der Waals surface area (Å²) >= 11 is 0. The molecule has 1 aromatic carbocycles. The van der Waals surface area contributed by atoms with Crippen LogP contribution in [0.15, 0.2) is 24.3 Å². The van der Waals surface area contributed by atoms with Gasteiger partial charge in [0.1, 0.15) is 0 Å². The van der Waals surface area contributed by atoms with Crippen LogP contribution in [0.3, 0.4) is 0 Å². The number of nitrogens with zero attached hydrogens (tertiary/aromatic N) is 3. The van der Waals surface area contributed by atoms with Gasteiger partial charge < -0.3 is 4.90 Å². The molecule has 1 saturated carbocycles. The Balaban J connectivity index is 1.53. The van der Waals surface area contributed by atoms with Crippen LogP contribution in [0.1, 0.15) is 57.3 Å². The van der Waals surface area contributed by atoms with Gasteiger partial charge in [-0.3, -0.25) is 14.9 Å². The number of aromatic amines is 1. The van der Waals surface area contributed by atoms with Gasteiger partial charge in [-0.25, -0.2) is 0 Å². The normalized spacial score (nSPS) is 16.8. The van der Waals surface area contributed by atoms with Crippen LogP contribution >= 0.6 is 0 Å². The number of rotatable bonds is 2. The highest BCUT2D eigenvalue weighted by molar-refractivity contribution is 6.06. The van der Waals surface area contributed by atoms with Gasteiger partial charge in [-0.05, 0) is 44.9 Å². The zero-order chi connectivity index (χ0) is 17.8. The standard InChI is InChI=1S/C21H22N4O/c1-12-3-6-18-15(9-12)16(10-13(2)22-18)21(26)25-8-7-19-17(11-25)20(24-23-19)14-4-5-14/h3,6,9-10,14H,4-5,7-8,11H2,1-2H3,(H,23,24). The van der Waals surface area contributed by atoms with Crippen LogP contribution in [0.4, 0.5) is 0 Å². The van der Waals surface area contributed by atoms with Crippen molar-refractivity contribution in [1.29, 1.82) is 0 Å². The quantitative estimate of drug-likeness (QED) is 0.770. The highest BCUT2D eigenvalue weighted by Crippen LogP contribution is 2.42. The number of hydrogen-bond donors (Lipinski definition) is 1. The number of pyridine rings is 1. The van der Waals surface area contributed by atoms with E-state index in [-0.39, 0.29) is 5.91 Å². The zero-order valence-electron chi connectivity index (χ0n) is 15.2. The van der Waals surface area contributed by atoms with E-state index in [0.717, 1.165) is 40.7 Å². The van der Waals surface area contributed by atoms with E-state index in [2.05, 4.69) is 21.2 Å². The molecule has 1 fully saturated rings. The van der Waals surface area contributed by atoms with E-state index < -0.39 is 0 Å². The molecule has 0 unspecified atom stereocenters. The maximum Gasteiger partial charge on any atom is 0.254 e. The van der Waals surface area contributed by atoms with Crippen molar-refractivity contribution in [3.63, 3.8) is 0 Å². The number of carbonyl (C=O) groups excluding carboxylic acids is 1. The predicted molar refractivity (Wildman–Crippen MR) is 100 cm³/mol. The summed E-state index contributed by atoms with van der Waals surface area (Å²) in [5, 5.41) is 8.67. The Bertz CT molecular complexity index is 1030. The van der Waals surface area contributed by atoms with E-state index in [9.17, 15) is 4.79 Å². The van der Waals surface area contributed by atoms with Gasteiger partial charge in [0, 0.05) is 47.8 Å². The molecule has 0 saturated heterocycles. The third-order valence-corrected chi connectivity index (χ3v) is 5.54. The van der Waals surface area contributed by atoms with Crippen molar-refractivity contribution >= 4 is 16.8 Å². The lowest BCUT2D eigenvalue weighted by Gasteiger charge is -2.28. The molecule has 1 amide bonds. The van der Waals surface area contributed by atoms with Crippen LogP contribution in [0, 0.1) is 13.8 Å². The minimum atomic E-state index is 0.0969. The Morgan fingerprint density at radius 3 is 2.88 bits per heavy atom. The van der Waals surface area contributed by atoms with Crippen molar-refractivity contribution < 1.29 is 4.79 Å². The van der Waals surface area contributed by atoms with Gasteiger partial charge in [0.05, 0.1) is 16.8 Å². The van der Waals surface area contributed by atoms with Gasteiger partial charge in [-0.15, -0.1) is 0 Å². The zero-order valence-corrected chi connectivity index (χ0v) is 15.2. The van der Waals surface area contributed by atoms with E-state index >= 15 is 0 Å². The highest BCUT2D eigenvalue weighted by Gasteiger charge is 2.33. The molecule has 26 heavy (non-hydrogen) atoms. The Kier molecular flexibility index (Phi) is 3.39. The van der Waals surface area contributed by atoms with Crippen molar-refractivity contribution in [2.75, 3.05) is 6.54 Å². The average molecular weight is 346 g/mol. The van der Waals surface area contributed by atoms with E-state index in [0.29, 0.717) is 12.5 Å². The molecular formula is C21H22N4O. The molecule has 0 atom stereocenters. The summed E-state index contributed by atoms with van der Waals surface area (Å²) < 4.78 is 0. The number of benzene rings is 1. The maximum absolute atomic E-state index is 13.4. The van der Waals surface area contributed by atoms with Gasteiger partial charge in [0.25, 0.3) is 5.91 Å². The largest absolute Gasteiger partial charge is 0.334 e. The summed E-state index contributed by atoms with van der Waals surface area (Å²) in [4.78, 5) is 19.9. The molecule has 0 radical (unpaired) electrons. The fourth-order valence-corrected chi connectivity index (χ4v) is 4.00. The Morgan fingerprint density at radius 1 is 1.23 bits per heavy atom. The maximum atomic E-state index is 13.4. The number of carbonyl (C=O) groups is 1. The Morgan fingerprint density at radius 2 is 2.08 bits per heavy atom. The summed E-state index contributed by atoms with van der Waals surface area (Å²) in [6.45, 7) is 5.39. The van der Waals surface area contributed by atoms with Gasteiger partial charge in [-0.2, -0.15) is 5.10 Å². The smallest absolute Gasteiger partial charge is 0.254 e. The molecule has 3 aromatic rings. The summed E-state index contributed by atoms with van der Waals surface area (Å²) in [7, 11) is 0. The number of aryl methyl sites for hydroxylation is 2. The number of hydrogen-bond acceptors (Lipinski definition) is 3. The van der Waals surface area contributed by atoms with Crippen LogP contribution in [-0.2, 0) is 13.0 Å². The van der Waals surface area contributed by atoms with Crippen molar-refractivity contribution in [2.24, 2.45) is 0 Å². The number of nitrogens with one attached hydrogen (secondary N) is 1. The fourth-order valence-electron chi connectivity index (χ4n) is 4.00. The first kappa shape index (κ1) is 15.6. The fraction of sp³-hybridized carbons (Fsp3) is 0.381. The van der Waals surface area contributed by atoms with Gasteiger partial charge >= 0.3 is 0 Å². The second-order valence-corrected chi connectivity index (χ2v) is 7.65. The van der Waals surface area contributed by atoms with Gasteiger partial charge in [0.15, 0.2) is 0 Å². The molecule has 3 heterocycles. The van der Waals surface area contributed by atoms with Crippen LogP contribution < -0.4 is 0 Å². The highest BCUT2D eigenvalue weighted by atomic mass is 16.2. The molecule has 1 aliphatic heterocycles. The molecular weight excluding hydrogens is 324 g/mol. The SMILES string of the molecule is Cc1ccc2nc(C)cc(C(=O)N3CCc4[nH]nc(C5CC5)c4C3)c2c1. The second kappa shape index (κ2) is 5.66.